The monoisotopic (exact) mass is 212 g/mol. The zero-order chi connectivity index (χ0) is 9.97. The number of rotatable bonds is 3. The Hall–Kier alpha value is -0.180. The van der Waals surface area contributed by atoms with Gasteiger partial charge in [0.05, 0.1) is 6.04 Å². The van der Waals surface area contributed by atoms with E-state index in [1.165, 1.54) is 36.6 Å². The Morgan fingerprint density at radius 2 is 2.29 bits per heavy atom. The van der Waals surface area contributed by atoms with Crippen LogP contribution in [-0.4, -0.2) is 23.0 Å². The number of amidine groups is 1. The molecule has 0 aromatic rings. The van der Waals surface area contributed by atoms with Gasteiger partial charge in [0.25, 0.3) is 0 Å². The highest BCUT2D eigenvalue weighted by atomic mass is 32.2. The normalized spacial score (nSPS) is 27.6. The second-order valence-electron chi connectivity index (χ2n) is 4.80. The first-order valence-electron chi connectivity index (χ1n) is 5.71. The largest absolute Gasteiger partial charge is 0.362 e. The van der Waals surface area contributed by atoms with E-state index in [-0.39, 0.29) is 0 Å². The van der Waals surface area contributed by atoms with Gasteiger partial charge in [-0.05, 0) is 31.6 Å². The lowest BCUT2D eigenvalue weighted by Gasteiger charge is -2.26. The molecule has 1 heterocycles. The van der Waals surface area contributed by atoms with Crippen molar-refractivity contribution in [2.45, 2.75) is 51.6 Å². The van der Waals surface area contributed by atoms with Crippen molar-refractivity contribution >= 4 is 16.9 Å². The molecule has 80 valence electrons. The fraction of sp³-hybridized carbons (Fsp3) is 0.909. The molecule has 0 bridgehead atoms. The summed E-state index contributed by atoms with van der Waals surface area (Å²) in [5.41, 5.74) is 0. The minimum Gasteiger partial charge on any atom is -0.362 e. The van der Waals surface area contributed by atoms with Gasteiger partial charge >= 0.3 is 0 Å². The molecule has 1 fully saturated rings. The van der Waals surface area contributed by atoms with Gasteiger partial charge in [-0.25, -0.2) is 0 Å². The van der Waals surface area contributed by atoms with E-state index in [1.807, 2.05) is 11.8 Å². The van der Waals surface area contributed by atoms with Gasteiger partial charge < -0.3 is 5.32 Å². The number of aliphatic imine (C=N–C) groups is 1. The molecule has 1 aliphatic carbocycles. The van der Waals surface area contributed by atoms with E-state index in [9.17, 15) is 0 Å². The molecule has 2 rings (SSSR count). The Balaban J connectivity index is 1.76. The molecule has 14 heavy (non-hydrogen) atoms. The summed E-state index contributed by atoms with van der Waals surface area (Å²) in [4.78, 5) is 4.72. The van der Waals surface area contributed by atoms with E-state index in [0.717, 1.165) is 12.0 Å². The van der Waals surface area contributed by atoms with Crippen LogP contribution < -0.4 is 5.32 Å². The maximum Gasteiger partial charge on any atom is 0.157 e. The summed E-state index contributed by atoms with van der Waals surface area (Å²) in [6.45, 7) is 4.55. The van der Waals surface area contributed by atoms with Crippen molar-refractivity contribution in [1.82, 2.24) is 5.32 Å². The molecule has 2 aliphatic rings. The maximum atomic E-state index is 4.72. The van der Waals surface area contributed by atoms with Crippen molar-refractivity contribution in [3.05, 3.63) is 0 Å². The summed E-state index contributed by atoms with van der Waals surface area (Å²) in [7, 11) is 0. The highest BCUT2D eigenvalue weighted by Gasteiger charge is 2.23. The van der Waals surface area contributed by atoms with Crippen molar-refractivity contribution < 1.29 is 0 Å². The lowest BCUT2D eigenvalue weighted by atomic mass is 9.93. The van der Waals surface area contributed by atoms with E-state index < -0.39 is 0 Å². The first-order valence-corrected chi connectivity index (χ1v) is 6.69. The first-order chi connectivity index (χ1) is 6.74. The molecule has 3 heteroatoms. The third-order valence-electron chi connectivity index (χ3n) is 2.89. The predicted octanol–water partition coefficient (Wildman–Crippen LogP) is 2.65. The summed E-state index contributed by atoms with van der Waals surface area (Å²) in [6, 6.07) is 1.31. The summed E-state index contributed by atoms with van der Waals surface area (Å²) in [6.07, 6.45) is 5.32. The van der Waals surface area contributed by atoms with Gasteiger partial charge in [-0.3, -0.25) is 4.99 Å². The highest BCUT2D eigenvalue weighted by Crippen LogP contribution is 2.25. The Bertz CT molecular complexity index is 221. The predicted molar refractivity (Wildman–Crippen MR) is 63.9 cm³/mol. The van der Waals surface area contributed by atoms with Crippen molar-refractivity contribution in [1.29, 1.82) is 0 Å². The smallest absolute Gasteiger partial charge is 0.157 e. The zero-order valence-electron chi connectivity index (χ0n) is 9.12. The van der Waals surface area contributed by atoms with Gasteiger partial charge in [-0.2, -0.15) is 0 Å². The Morgan fingerprint density at radius 1 is 1.50 bits per heavy atom. The van der Waals surface area contributed by atoms with Gasteiger partial charge in [0, 0.05) is 11.8 Å². The Kier molecular flexibility index (Phi) is 3.37. The average molecular weight is 212 g/mol. The van der Waals surface area contributed by atoms with Crippen LogP contribution in [0.25, 0.3) is 0 Å². The molecule has 1 saturated carbocycles. The van der Waals surface area contributed by atoms with E-state index in [1.54, 1.807) is 0 Å². The van der Waals surface area contributed by atoms with E-state index in [0.29, 0.717) is 6.04 Å². The van der Waals surface area contributed by atoms with Crippen molar-refractivity contribution in [3.63, 3.8) is 0 Å². The molecule has 0 radical (unpaired) electrons. The molecule has 1 N–H and O–H groups in total. The van der Waals surface area contributed by atoms with Crippen molar-refractivity contribution in [2.24, 2.45) is 10.9 Å². The first kappa shape index (κ1) is 10.3. The topological polar surface area (TPSA) is 24.4 Å². The molecule has 0 saturated heterocycles. The number of nitrogens with zero attached hydrogens (tertiary/aromatic N) is 1. The standard InChI is InChI=1S/C11H20N2S/c1-8(2)6-10-7-14-11(13-10)12-9-4-3-5-9/h8-10H,3-7H2,1-2H3,(H,12,13). The number of thioether (sulfide) groups is 1. The second kappa shape index (κ2) is 4.56. The molecule has 0 aromatic heterocycles. The lowest BCUT2D eigenvalue weighted by molar-refractivity contribution is 0.385. The van der Waals surface area contributed by atoms with Crippen molar-refractivity contribution in [2.75, 3.05) is 5.75 Å². The number of hydrogen-bond donors (Lipinski definition) is 1. The fourth-order valence-corrected chi connectivity index (χ4v) is 2.92. The Labute approximate surface area is 90.9 Å². The maximum absolute atomic E-state index is 4.72. The molecular formula is C11H20N2S. The van der Waals surface area contributed by atoms with Crippen molar-refractivity contribution in [3.8, 4) is 0 Å². The minimum absolute atomic E-state index is 0.572. The van der Waals surface area contributed by atoms with Gasteiger partial charge in [0.1, 0.15) is 0 Å². The van der Waals surface area contributed by atoms with Gasteiger partial charge in [0.15, 0.2) is 5.17 Å². The van der Waals surface area contributed by atoms with Crippen LogP contribution in [0.15, 0.2) is 4.99 Å². The van der Waals surface area contributed by atoms with Crippen LogP contribution in [0.1, 0.15) is 39.5 Å². The van der Waals surface area contributed by atoms with Gasteiger partial charge in [0.2, 0.25) is 0 Å². The van der Waals surface area contributed by atoms with Crippen LogP contribution in [0, 0.1) is 5.92 Å². The third-order valence-corrected chi connectivity index (χ3v) is 3.94. The molecule has 1 unspecified atom stereocenters. The SMILES string of the molecule is CC(C)CC1CSC(NC2CCC2)=N1. The average Bonchev–Trinajstić information content (AvgIpc) is 2.44. The lowest BCUT2D eigenvalue weighted by Crippen LogP contribution is -2.37. The van der Waals surface area contributed by atoms with E-state index >= 15 is 0 Å². The van der Waals surface area contributed by atoms with Crippen LogP contribution >= 0.6 is 11.8 Å². The second-order valence-corrected chi connectivity index (χ2v) is 5.81. The van der Waals surface area contributed by atoms with Crippen LogP contribution in [0.2, 0.25) is 0 Å². The summed E-state index contributed by atoms with van der Waals surface area (Å²) in [5.74, 6) is 1.96. The Morgan fingerprint density at radius 3 is 2.86 bits per heavy atom. The molecule has 1 aliphatic heterocycles. The summed E-state index contributed by atoms with van der Waals surface area (Å²) >= 11 is 1.91. The zero-order valence-corrected chi connectivity index (χ0v) is 9.94. The fourth-order valence-electron chi connectivity index (χ4n) is 1.89. The third kappa shape index (κ3) is 2.66. The molecule has 0 spiro atoms. The van der Waals surface area contributed by atoms with Crippen LogP contribution in [0.3, 0.4) is 0 Å². The van der Waals surface area contributed by atoms with Crippen LogP contribution in [0.5, 0.6) is 0 Å². The molecule has 0 aromatic carbocycles. The molecular weight excluding hydrogens is 192 g/mol. The number of nitrogens with one attached hydrogen (secondary N) is 1. The summed E-state index contributed by atoms with van der Waals surface area (Å²) < 4.78 is 0. The summed E-state index contributed by atoms with van der Waals surface area (Å²) in [5, 5.41) is 4.74. The molecule has 1 atom stereocenters. The van der Waals surface area contributed by atoms with Gasteiger partial charge in [-0.15, -0.1) is 0 Å². The molecule has 2 nitrogen and oxygen atoms in total. The van der Waals surface area contributed by atoms with E-state index in [4.69, 9.17) is 4.99 Å². The number of hydrogen-bond acceptors (Lipinski definition) is 3. The van der Waals surface area contributed by atoms with E-state index in [2.05, 4.69) is 19.2 Å². The highest BCUT2D eigenvalue weighted by molar-refractivity contribution is 8.14. The molecule has 0 amide bonds. The van der Waals surface area contributed by atoms with Crippen LogP contribution in [-0.2, 0) is 0 Å². The van der Waals surface area contributed by atoms with Crippen LogP contribution in [0.4, 0.5) is 0 Å². The van der Waals surface area contributed by atoms with Gasteiger partial charge in [-0.1, -0.05) is 25.6 Å². The minimum atomic E-state index is 0.572. The quantitative estimate of drug-likeness (QED) is 0.778.